The monoisotopic (exact) mass is 521 g/mol. The summed E-state index contributed by atoms with van der Waals surface area (Å²) in [5.74, 6) is -0.732. The van der Waals surface area contributed by atoms with E-state index in [1.165, 1.54) is 11.0 Å². The lowest BCUT2D eigenvalue weighted by atomic mass is 10.1. The minimum absolute atomic E-state index is 0.269. The number of hydrogen-bond acceptors (Lipinski definition) is 4. The molecule has 0 fully saturated rings. The van der Waals surface area contributed by atoms with Crippen molar-refractivity contribution in [2.75, 3.05) is 23.7 Å². The van der Waals surface area contributed by atoms with Crippen LogP contribution in [0.25, 0.3) is 0 Å². The Morgan fingerprint density at radius 2 is 1.71 bits per heavy atom. The summed E-state index contributed by atoms with van der Waals surface area (Å²) in [7, 11) is -3.80. The fraction of sp³-hybridized carbons (Fsp3) is 0.462. The number of nitrogens with one attached hydrogen (secondary N) is 1. The first-order valence-corrected chi connectivity index (χ1v) is 13.8. The first-order chi connectivity index (χ1) is 16.2. The van der Waals surface area contributed by atoms with Gasteiger partial charge in [0.1, 0.15) is 12.6 Å². The summed E-state index contributed by atoms with van der Waals surface area (Å²) in [6.45, 7) is 9.11. The van der Waals surface area contributed by atoms with Crippen LogP contribution in [-0.2, 0) is 26.0 Å². The van der Waals surface area contributed by atoms with Crippen LogP contribution in [0, 0.1) is 6.92 Å². The van der Waals surface area contributed by atoms with Crippen molar-refractivity contribution in [3.05, 3.63) is 64.7 Å². The number of rotatable bonds is 10. The minimum Gasteiger partial charge on any atom is -0.350 e. The number of anilines is 1. The third kappa shape index (κ3) is 8.54. The molecule has 2 aromatic carbocycles. The highest BCUT2D eigenvalue weighted by Gasteiger charge is 2.32. The highest BCUT2D eigenvalue weighted by molar-refractivity contribution is 7.92. The van der Waals surface area contributed by atoms with Gasteiger partial charge in [-0.1, -0.05) is 54.9 Å². The highest BCUT2D eigenvalue weighted by Crippen LogP contribution is 2.25. The molecule has 0 aliphatic rings. The third-order valence-electron chi connectivity index (χ3n) is 5.49. The average Bonchev–Trinajstić information content (AvgIpc) is 2.75. The Morgan fingerprint density at radius 3 is 2.23 bits per heavy atom. The quantitative estimate of drug-likeness (QED) is 0.508. The van der Waals surface area contributed by atoms with Gasteiger partial charge in [-0.05, 0) is 63.8 Å². The molecule has 35 heavy (non-hydrogen) atoms. The van der Waals surface area contributed by atoms with Gasteiger partial charge in [0.05, 0.1) is 11.9 Å². The lowest BCUT2D eigenvalue weighted by Crippen LogP contribution is -2.56. The van der Waals surface area contributed by atoms with Crippen molar-refractivity contribution in [1.82, 2.24) is 10.2 Å². The summed E-state index contributed by atoms with van der Waals surface area (Å²) < 4.78 is 26.4. The van der Waals surface area contributed by atoms with Gasteiger partial charge >= 0.3 is 0 Å². The molecule has 0 saturated heterocycles. The molecule has 0 saturated carbocycles. The smallest absolute Gasteiger partial charge is 0.244 e. The second-order valence-corrected chi connectivity index (χ2v) is 12.0. The molecule has 2 rings (SSSR count). The molecule has 0 radical (unpaired) electrons. The van der Waals surface area contributed by atoms with Crippen molar-refractivity contribution in [2.45, 2.75) is 59.0 Å². The van der Waals surface area contributed by atoms with E-state index < -0.39 is 34.1 Å². The molecule has 0 aliphatic heterocycles. The summed E-state index contributed by atoms with van der Waals surface area (Å²) in [4.78, 5) is 28.2. The lowest BCUT2D eigenvalue weighted by Gasteiger charge is -2.34. The zero-order valence-corrected chi connectivity index (χ0v) is 22.9. The number of benzene rings is 2. The van der Waals surface area contributed by atoms with Gasteiger partial charge in [-0.25, -0.2) is 8.42 Å². The first-order valence-electron chi connectivity index (χ1n) is 11.6. The molecule has 1 unspecified atom stereocenters. The van der Waals surface area contributed by atoms with Gasteiger partial charge in [-0.2, -0.15) is 0 Å². The summed E-state index contributed by atoms with van der Waals surface area (Å²) in [6.07, 6.45) is 1.96. The van der Waals surface area contributed by atoms with Gasteiger partial charge in [0.2, 0.25) is 21.8 Å². The van der Waals surface area contributed by atoms with Gasteiger partial charge in [0.25, 0.3) is 0 Å². The highest BCUT2D eigenvalue weighted by atomic mass is 35.5. The molecule has 1 atom stereocenters. The third-order valence-corrected chi connectivity index (χ3v) is 7.04. The Hall–Kier alpha value is -2.58. The Labute approximate surface area is 214 Å². The topological polar surface area (TPSA) is 86.8 Å². The predicted molar refractivity (Wildman–Crippen MR) is 142 cm³/mol. The van der Waals surface area contributed by atoms with E-state index in [4.69, 9.17) is 11.6 Å². The van der Waals surface area contributed by atoms with E-state index >= 15 is 0 Å². The molecular weight excluding hydrogens is 486 g/mol. The van der Waals surface area contributed by atoms with E-state index in [1.807, 2.05) is 65.0 Å². The Kier molecular flexibility index (Phi) is 9.75. The van der Waals surface area contributed by atoms with Gasteiger partial charge in [-0.15, -0.1) is 0 Å². The number of carbonyl (C=O) groups is 2. The average molecular weight is 522 g/mol. The molecule has 9 heteroatoms. The number of amides is 2. The molecule has 2 amide bonds. The van der Waals surface area contributed by atoms with E-state index in [0.717, 1.165) is 21.7 Å². The number of nitrogens with zero attached hydrogens (tertiary/aromatic N) is 2. The molecule has 0 spiro atoms. The predicted octanol–water partition coefficient (Wildman–Crippen LogP) is 4.18. The maximum Gasteiger partial charge on any atom is 0.244 e. The molecule has 1 N–H and O–H groups in total. The second-order valence-electron chi connectivity index (χ2n) is 9.69. The molecule has 192 valence electrons. The van der Waals surface area contributed by atoms with E-state index in [9.17, 15) is 18.0 Å². The molecule has 0 aliphatic carbocycles. The van der Waals surface area contributed by atoms with Crippen LogP contribution in [0.3, 0.4) is 0 Å². The van der Waals surface area contributed by atoms with E-state index in [1.54, 1.807) is 12.1 Å². The van der Waals surface area contributed by atoms with Gasteiger partial charge in [-0.3, -0.25) is 13.9 Å². The maximum atomic E-state index is 13.6. The lowest BCUT2D eigenvalue weighted by molar-refractivity contribution is -0.140. The van der Waals surface area contributed by atoms with Crippen LogP contribution in [0.2, 0.25) is 5.02 Å². The van der Waals surface area contributed by atoms with Gasteiger partial charge in [0.15, 0.2) is 0 Å². The SMILES string of the molecule is CCC(C(=O)NC(C)(C)C)N(CCc1ccccc1)C(=O)CN(c1ccc(C)c(Cl)c1)S(C)(=O)=O. The Morgan fingerprint density at radius 1 is 1.09 bits per heavy atom. The molecule has 2 aromatic rings. The van der Waals surface area contributed by atoms with Crippen LogP contribution >= 0.6 is 11.6 Å². The Balaban J connectivity index is 2.40. The van der Waals surface area contributed by atoms with Crippen LogP contribution in [0.5, 0.6) is 0 Å². The van der Waals surface area contributed by atoms with Crippen molar-refractivity contribution in [3.8, 4) is 0 Å². The number of aryl methyl sites for hydroxylation is 1. The van der Waals surface area contributed by atoms with Crippen molar-refractivity contribution in [2.24, 2.45) is 0 Å². The van der Waals surface area contributed by atoms with Crippen molar-refractivity contribution >= 4 is 39.1 Å². The molecule has 0 heterocycles. The van der Waals surface area contributed by atoms with Crippen molar-refractivity contribution < 1.29 is 18.0 Å². The zero-order valence-electron chi connectivity index (χ0n) is 21.3. The van der Waals surface area contributed by atoms with Crippen LogP contribution in [0.4, 0.5) is 5.69 Å². The zero-order chi connectivity index (χ0) is 26.4. The van der Waals surface area contributed by atoms with E-state index in [2.05, 4.69) is 5.32 Å². The van der Waals surface area contributed by atoms with Crippen LogP contribution in [-0.4, -0.2) is 56.1 Å². The second kappa shape index (κ2) is 11.9. The standard InChI is InChI=1S/C26H36ClN3O4S/c1-7-23(25(32)28-26(3,4)5)29(16-15-20-11-9-8-10-12-20)24(31)18-30(35(6,33)34)21-14-13-19(2)22(27)17-21/h8-14,17,23H,7,15-16,18H2,1-6H3,(H,28,32). The summed E-state index contributed by atoms with van der Waals surface area (Å²) >= 11 is 6.23. The largest absolute Gasteiger partial charge is 0.350 e. The van der Waals surface area contributed by atoms with Crippen molar-refractivity contribution in [3.63, 3.8) is 0 Å². The normalized spacial score (nSPS) is 12.7. The van der Waals surface area contributed by atoms with Crippen molar-refractivity contribution in [1.29, 1.82) is 0 Å². The number of sulfonamides is 1. The van der Waals surface area contributed by atoms with E-state index in [0.29, 0.717) is 23.6 Å². The Bertz CT molecular complexity index is 1130. The maximum absolute atomic E-state index is 13.6. The molecule has 0 aromatic heterocycles. The first kappa shape index (κ1) is 28.7. The fourth-order valence-electron chi connectivity index (χ4n) is 3.70. The molecule has 7 nitrogen and oxygen atoms in total. The summed E-state index contributed by atoms with van der Waals surface area (Å²) in [6, 6.07) is 13.8. The van der Waals surface area contributed by atoms with E-state index in [-0.39, 0.29) is 12.5 Å². The minimum atomic E-state index is -3.80. The number of hydrogen-bond donors (Lipinski definition) is 1. The van der Waals surface area contributed by atoms with Crippen LogP contribution in [0.1, 0.15) is 45.2 Å². The van der Waals surface area contributed by atoms with Gasteiger partial charge in [0, 0.05) is 17.1 Å². The van der Waals surface area contributed by atoms with Gasteiger partial charge < -0.3 is 10.2 Å². The summed E-state index contributed by atoms with van der Waals surface area (Å²) in [5, 5.41) is 3.35. The molecular formula is C26H36ClN3O4S. The molecule has 0 bridgehead atoms. The number of carbonyl (C=O) groups excluding carboxylic acids is 2. The number of halogens is 1. The van der Waals surface area contributed by atoms with Crippen LogP contribution < -0.4 is 9.62 Å². The van der Waals surface area contributed by atoms with Crippen LogP contribution in [0.15, 0.2) is 48.5 Å². The fourth-order valence-corrected chi connectivity index (χ4v) is 4.72. The summed E-state index contributed by atoms with van der Waals surface area (Å²) in [5.41, 5.74) is 1.63.